The number of fused-ring (bicyclic) bond motifs is 1. The molecule has 6 N–H and O–H groups in total. The van der Waals surface area contributed by atoms with Gasteiger partial charge in [0.2, 0.25) is 11.9 Å². The van der Waals surface area contributed by atoms with Gasteiger partial charge in [-0.1, -0.05) is 42.5 Å². The van der Waals surface area contributed by atoms with Crippen molar-refractivity contribution in [2.75, 3.05) is 34.4 Å². The van der Waals surface area contributed by atoms with E-state index in [1.54, 1.807) is 30.3 Å². The van der Waals surface area contributed by atoms with Crippen LogP contribution in [0.2, 0.25) is 0 Å². The minimum Gasteiger partial charge on any atom is -0.454 e. The Morgan fingerprint density at radius 3 is 2.12 bits per heavy atom. The van der Waals surface area contributed by atoms with Crippen molar-refractivity contribution in [1.82, 2.24) is 25.6 Å². The lowest BCUT2D eigenvalue weighted by molar-refractivity contribution is -0.154. The van der Waals surface area contributed by atoms with Crippen molar-refractivity contribution >= 4 is 35.3 Å². The van der Waals surface area contributed by atoms with Crippen LogP contribution in [0.15, 0.2) is 72.5 Å². The van der Waals surface area contributed by atoms with Gasteiger partial charge >= 0.3 is 24.2 Å². The third-order valence-corrected chi connectivity index (χ3v) is 6.25. The van der Waals surface area contributed by atoms with Gasteiger partial charge in [0.25, 0.3) is 0 Å². The van der Waals surface area contributed by atoms with Crippen molar-refractivity contribution in [3.05, 3.63) is 83.6 Å². The van der Waals surface area contributed by atoms with E-state index in [1.807, 2.05) is 36.4 Å². The summed E-state index contributed by atoms with van der Waals surface area (Å²) in [6, 6.07) is 12.8. The number of urea groups is 2. The fourth-order valence-electron chi connectivity index (χ4n) is 4.13. The minimum atomic E-state index is -4.57. The molecule has 8 bridgehead atoms. The highest BCUT2D eigenvalue weighted by molar-refractivity contribution is 5.92. The van der Waals surface area contributed by atoms with Crippen LogP contribution >= 0.6 is 0 Å². The molecule has 224 valence electrons. The molecule has 1 unspecified atom stereocenters. The van der Waals surface area contributed by atoms with E-state index in [9.17, 15) is 22.8 Å². The molecule has 4 aliphatic rings. The fourth-order valence-corrected chi connectivity index (χ4v) is 4.13. The molecule has 2 aromatic carbocycles. The monoisotopic (exact) mass is 595 g/mol. The summed E-state index contributed by atoms with van der Waals surface area (Å²) in [5, 5.41) is 17.1. The number of ether oxygens (including phenoxy) is 1. The molecule has 0 saturated carbocycles. The summed E-state index contributed by atoms with van der Waals surface area (Å²) >= 11 is 0. The van der Waals surface area contributed by atoms with E-state index in [0.717, 1.165) is 11.1 Å². The van der Waals surface area contributed by atoms with Crippen LogP contribution in [0.3, 0.4) is 0 Å². The number of carbonyl (C=O) groups is 2. The van der Waals surface area contributed by atoms with Crippen LogP contribution < -0.4 is 36.6 Å². The molecular formula is C28H28F3N9O3. The highest BCUT2D eigenvalue weighted by Gasteiger charge is 2.29. The summed E-state index contributed by atoms with van der Waals surface area (Å²) in [7, 11) is 0. The summed E-state index contributed by atoms with van der Waals surface area (Å²) < 4.78 is 43.1. The van der Waals surface area contributed by atoms with Crippen LogP contribution in [0.25, 0.3) is 0 Å². The van der Waals surface area contributed by atoms with Gasteiger partial charge in [-0.15, -0.1) is 0 Å². The normalized spacial score (nSPS) is 17.5. The zero-order valence-corrected chi connectivity index (χ0v) is 22.7. The fraction of sp³-hybridized carbons (Fsp3) is 0.250. The molecule has 15 heteroatoms. The Morgan fingerprint density at radius 2 is 1.47 bits per heavy atom. The van der Waals surface area contributed by atoms with E-state index < -0.39 is 30.9 Å². The molecule has 7 rings (SSSR count). The predicted octanol–water partition coefficient (Wildman–Crippen LogP) is 4.75. The number of hydrogen-bond acceptors (Lipinski definition) is 8. The molecule has 0 spiro atoms. The van der Waals surface area contributed by atoms with Crippen molar-refractivity contribution in [3.63, 3.8) is 0 Å². The van der Waals surface area contributed by atoms with Crippen LogP contribution in [-0.4, -0.2) is 46.3 Å². The summed E-state index contributed by atoms with van der Waals surface area (Å²) in [4.78, 5) is 37.2. The predicted molar refractivity (Wildman–Crippen MR) is 153 cm³/mol. The Labute approximate surface area is 244 Å². The van der Waals surface area contributed by atoms with E-state index in [2.05, 4.69) is 46.9 Å². The lowest BCUT2D eigenvalue weighted by atomic mass is 9.99. The number of rotatable bonds is 2. The molecule has 3 aromatic rings. The molecule has 4 amide bonds. The quantitative estimate of drug-likeness (QED) is 0.248. The molecular weight excluding hydrogens is 567 g/mol. The first-order valence-corrected chi connectivity index (χ1v) is 13.3. The second-order valence-electron chi connectivity index (χ2n) is 9.70. The summed E-state index contributed by atoms with van der Waals surface area (Å²) in [5.74, 6) is 0.00346. The van der Waals surface area contributed by atoms with E-state index >= 15 is 0 Å². The van der Waals surface area contributed by atoms with Gasteiger partial charge in [-0.2, -0.15) is 28.1 Å². The van der Waals surface area contributed by atoms with Gasteiger partial charge in [-0.05, 0) is 47.7 Å². The lowest BCUT2D eigenvalue weighted by Gasteiger charge is -2.18. The zero-order chi connectivity index (χ0) is 30.2. The number of nitrogens with one attached hydrogen (secondary N) is 6. The summed E-state index contributed by atoms with van der Waals surface area (Å²) in [5.41, 5.74) is 3.30. The maximum absolute atomic E-state index is 12.8. The smallest absolute Gasteiger partial charge is 0.422 e. The maximum atomic E-state index is 12.8. The van der Waals surface area contributed by atoms with Crippen molar-refractivity contribution in [3.8, 4) is 6.01 Å². The van der Waals surface area contributed by atoms with Gasteiger partial charge in [-0.3, -0.25) is 0 Å². The van der Waals surface area contributed by atoms with Crippen LogP contribution in [0, 0.1) is 5.92 Å². The number of anilines is 4. The van der Waals surface area contributed by atoms with Crippen LogP contribution in [0.4, 0.5) is 46.0 Å². The Kier molecular flexibility index (Phi) is 8.88. The number of hydrogen-bond donors (Lipinski definition) is 6. The van der Waals surface area contributed by atoms with Gasteiger partial charge in [0, 0.05) is 36.7 Å². The van der Waals surface area contributed by atoms with E-state index in [4.69, 9.17) is 4.74 Å². The number of aromatic nitrogens is 3. The Balaban J connectivity index is 1.35. The number of nitrogens with zero attached hydrogens (tertiary/aromatic N) is 3. The molecule has 0 fully saturated rings. The molecule has 12 nitrogen and oxygen atoms in total. The molecule has 0 saturated heterocycles. The number of halogens is 3. The van der Waals surface area contributed by atoms with Crippen LogP contribution in [0.5, 0.6) is 6.01 Å². The van der Waals surface area contributed by atoms with Gasteiger partial charge in [0.1, 0.15) is 0 Å². The number of alkyl halides is 3. The standard InChI is InChI=1S/C28H28F3N9O3/c29-28(30,31)16-43-27-39-23-32-13-17-4-6-18(7-5-17)14-33-25(41)36-21-2-1-3-22(12-21)37-26(42)34-15-19-8-10-20(11-9-19)35-24(38-23)40-27/h1-8,10-12,19H,9,13-16H2,(H2,33,36,41)(H2,34,37,42)(H2,32,35,38,39,40). The molecule has 1 aromatic heterocycles. The molecule has 3 aliphatic heterocycles. The first-order chi connectivity index (χ1) is 20.7. The van der Waals surface area contributed by atoms with Crippen molar-refractivity contribution < 1.29 is 27.5 Å². The number of amides is 4. The lowest BCUT2D eigenvalue weighted by Crippen LogP contribution is -2.33. The third kappa shape index (κ3) is 9.08. The average molecular weight is 596 g/mol. The second kappa shape index (κ2) is 13.1. The van der Waals surface area contributed by atoms with Crippen molar-refractivity contribution in [2.24, 2.45) is 5.92 Å². The summed E-state index contributed by atoms with van der Waals surface area (Å²) in [6.45, 7) is -0.690. The molecule has 1 aliphatic carbocycles. The average Bonchev–Trinajstić information content (AvgIpc) is 2.97. The number of allylic oxidation sites excluding steroid dienone is 2. The molecule has 4 heterocycles. The molecule has 1 atom stereocenters. The third-order valence-electron chi connectivity index (χ3n) is 6.25. The summed E-state index contributed by atoms with van der Waals surface area (Å²) in [6.07, 6.45) is 1.52. The van der Waals surface area contributed by atoms with E-state index in [-0.39, 0.29) is 30.9 Å². The first-order valence-electron chi connectivity index (χ1n) is 13.3. The molecule has 0 radical (unpaired) electrons. The van der Waals surface area contributed by atoms with Crippen LogP contribution in [0.1, 0.15) is 17.5 Å². The van der Waals surface area contributed by atoms with Crippen molar-refractivity contribution in [1.29, 1.82) is 0 Å². The van der Waals surface area contributed by atoms with Gasteiger partial charge in [0.05, 0.1) is 0 Å². The highest BCUT2D eigenvalue weighted by Crippen LogP contribution is 2.21. The van der Waals surface area contributed by atoms with Crippen molar-refractivity contribution in [2.45, 2.75) is 25.7 Å². The minimum absolute atomic E-state index is 0.00465. The van der Waals surface area contributed by atoms with E-state index in [1.165, 1.54) is 0 Å². The number of benzene rings is 2. The topological polar surface area (TPSA) is 154 Å². The Hall–Kier alpha value is -5.34. The first kappa shape index (κ1) is 29.2. The van der Waals surface area contributed by atoms with Gasteiger partial charge in [-0.25, -0.2) is 9.59 Å². The van der Waals surface area contributed by atoms with Crippen LogP contribution in [-0.2, 0) is 13.1 Å². The largest absolute Gasteiger partial charge is 0.454 e. The number of carbonyl (C=O) groups excluding carboxylic acids is 2. The Morgan fingerprint density at radius 1 is 0.814 bits per heavy atom. The Bertz CT molecular complexity index is 1530. The maximum Gasteiger partial charge on any atom is 0.422 e. The van der Waals surface area contributed by atoms with Gasteiger partial charge in [0.15, 0.2) is 6.61 Å². The highest BCUT2D eigenvalue weighted by atomic mass is 19.4. The zero-order valence-electron chi connectivity index (χ0n) is 22.7. The molecule has 43 heavy (non-hydrogen) atoms. The van der Waals surface area contributed by atoms with Gasteiger partial charge < -0.3 is 36.6 Å². The second-order valence-corrected chi connectivity index (χ2v) is 9.70. The SMILES string of the molecule is O=C1NCc2ccc(cc2)CNc2nc(nc(OCC(F)(F)F)n2)NC2=CCC(C=C2)CNC(=O)Nc2cccc(c2)N1. The van der Waals surface area contributed by atoms with E-state index in [0.29, 0.717) is 30.0 Å².